The highest BCUT2D eigenvalue weighted by Gasteiger charge is 2.34. The minimum Gasteiger partial charge on any atom is -0.458 e. The Labute approximate surface area is 288 Å². The summed E-state index contributed by atoms with van der Waals surface area (Å²) in [5, 5.41) is 35.8. The second-order valence-corrected chi connectivity index (χ2v) is 13.8. The van der Waals surface area contributed by atoms with Crippen LogP contribution in [0.5, 0.6) is 0 Å². The SMILES string of the molecule is C=C/C=C\[C@H](C)[C@H](OC(=O)NCc1ccccc1)[C@@H](C)[C@H](O)[C@@H](C)C/C(C)=C\[C@H](C)[C@@H](O)[C@@H](C)/C=C\[C@@H](O)C[C@@H]1OC(=O)C(C)=C[C@H]1C. The molecule has 0 aromatic heterocycles. The van der Waals surface area contributed by atoms with Crippen LogP contribution in [0.1, 0.15) is 73.8 Å². The Balaban J connectivity index is 1.98. The van der Waals surface area contributed by atoms with E-state index in [1.165, 1.54) is 0 Å². The Kier molecular flexibility index (Phi) is 17.1. The van der Waals surface area contributed by atoms with E-state index in [2.05, 4.69) is 11.9 Å². The van der Waals surface area contributed by atoms with Gasteiger partial charge < -0.3 is 30.1 Å². The Morgan fingerprint density at radius 1 is 1.00 bits per heavy atom. The molecule has 0 aliphatic carbocycles. The lowest BCUT2D eigenvalue weighted by molar-refractivity contribution is -0.149. The molecule has 11 atom stereocenters. The van der Waals surface area contributed by atoms with Crippen molar-refractivity contribution in [1.82, 2.24) is 5.32 Å². The zero-order valence-electron chi connectivity index (χ0n) is 30.1. The summed E-state index contributed by atoms with van der Waals surface area (Å²) in [5.74, 6) is -1.40. The zero-order chi connectivity index (χ0) is 36.0. The van der Waals surface area contributed by atoms with Crippen LogP contribution in [-0.4, -0.2) is 57.9 Å². The maximum Gasteiger partial charge on any atom is 0.407 e. The quantitative estimate of drug-likeness (QED) is 0.0751. The number of benzene rings is 1. The van der Waals surface area contributed by atoms with Gasteiger partial charge in [-0.05, 0) is 31.7 Å². The maximum atomic E-state index is 12.8. The van der Waals surface area contributed by atoms with Crippen molar-refractivity contribution < 1.29 is 34.4 Å². The molecule has 8 nitrogen and oxygen atoms in total. The number of rotatable bonds is 18. The molecule has 0 fully saturated rings. The normalized spacial score (nSPS) is 22.9. The van der Waals surface area contributed by atoms with Crippen molar-refractivity contribution >= 4 is 12.1 Å². The molecule has 2 rings (SSSR count). The predicted octanol–water partition coefficient (Wildman–Crippen LogP) is 7.08. The number of alkyl carbamates (subject to hydrolysis) is 1. The van der Waals surface area contributed by atoms with Crippen LogP contribution in [0.4, 0.5) is 4.79 Å². The molecule has 266 valence electrons. The van der Waals surface area contributed by atoms with Gasteiger partial charge in [0.25, 0.3) is 0 Å². The van der Waals surface area contributed by atoms with Crippen LogP contribution < -0.4 is 5.32 Å². The molecule has 48 heavy (non-hydrogen) atoms. The van der Waals surface area contributed by atoms with Gasteiger partial charge in [-0.25, -0.2) is 9.59 Å². The number of hydrogen-bond donors (Lipinski definition) is 4. The van der Waals surface area contributed by atoms with Gasteiger partial charge in [0.15, 0.2) is 0 Å². The molecule has 0 unspecified atom stereocenters. The standard InChI is InChI=1S/C40H59NO7/c1-10-11-15-27(4)38(48-40(46)41-24-33-16-13-12-14-17-33)32(9)37(44)30(7)21-25(2)20-29(6)36(43)26(3)18-19-34(42)23-35-28(5)22-31(8)39(45)47-35/h10-20,22,26-30,32,34-38,42-44H,1,21,23-24H2,2-9H3,(H,41,46)/b15-11-,19-18-,25-20-/t26-,27-,28+,29-,30-,32-,34+,35-,36-,37+,38-/m0/s1. The number of cyclic esters (lactones) is 1. The molecule has 4 N–H and O–H groups in total. The fourth-order valence-electron chi connectivity index (χ4n) is 6.33. The Morgan fingerprint density at radius 3 is 2.31 bits per heavy atom. The third-order valence-electron chi connectivity index (χ3n) is 9.29. The van der Waals surface area contributed by atoms with Gasteiger partial charge in [0.05, 0.1) is 18.3 Å². The summed E-state index contributed by atoms with van der Waals surface area (Å²) >= 11 is 0. The smallest absolute Gasteiger partial charge is 0.407 e. The molecule has 0 spiro atoms. The Morgan fingerprint density at radius 2 is 1.67 bits per heavy atom. The molecule has 1 aromatic carbocycles. The van der Waals surface area contributed by atoms with Gasteiger partial charge in [0, 0.05) is 48.1 Å². The summed E-state index contributed by atoms with van der Waals surface area (Å²) in [6.07, 6.45) is 9.90. The van der Waals surface area contributed by atoms with Crippen molar-refractivity contribution in [3.8, 4) is 0 Å². The molecular formula is C40H59NO7. The summed E-state index contributed by atoms with van der Waals surface area (Å²) in [6, 6.07) is 9.60. The lowest BCUT2D eigenvalue weighted by atomic mass is 9.81. The van der Waals surface area contributed by atoms with Crippen molar-refractivity contribution in [2.24, 2.45) is 35.5 Å². The number of aliphatic hydroxyl groups excluding tert-OH is 3. The molecule has 0 saturated heterocycles. The highest BCUT2D eigenvalue weighted by molar-refractivity contribution is 5.88. The van der Waals surface area contributed by atoms with Gasteiger partial charge in [-0.15, -0.1) is 0 Å². The average molecular weight is 666 g/mol. The second-order valence-electron chi connectivity index (χ2n) is 13.8. The number of carbonyl (C=O) groups excluding carboxylic acids is 2. The fourth-order valence-corrected chi connectivity index (χ4v) is 6.33. The van der Waals surface area contributed by atoms with Gasteiger partial charge >= 0.3 is 12.1 Å². The van der Waals surface area contributed by atoms with E-state index in [1.54, 1.807) is 25.2 Å². The van der Waals surface area contributed by atoms with E-state index in [9.17, 15) is 24.9 Å². The van der Waals surface area contributed by atoms with E-state index < -0.39 is 36.6 Å². The van der Waals surface area contributed by atoms with Gasteiger partial charge in [-0.2, -0.15) is 0 Å². The van der Waals surface area contributed by atoms with E-state index in [4.69, 9.17) is 9.47 Å². The number of aliphatic hydroxyl groups is 3. The van der Waals surface area contributed by atoms with Crippen LogP contribution in [0, 0.1) is 35.5 Å². The van der Waals surface area contributed by atoms with Crippen molar-refractivity contribution in [3.63, 3.8) is 0 Å². The maximum absolute atomic E-state index is 12.8. The zero-order valence-corrected chi connectivity index (χ0v) is 30.1. The third-order valence-corrected chi connectivity index (χ3v) is 9.29. The average Bonchev–Trinajstić information content (AvgIpc) is 3.05. The molecule has 1 aliphatic heterocycles. The first kappa shape index (κ1) is 40.7. The minimum absolute atomic E-state index is 0.0196. The van der Waals surface area contributed by atoms with Crippen molar-refractivity contribution in [1.29, 1.82) is 0 Å². The van der Waals surface area contributed by atoms with E-state index in [0.29, 0.717) is 18.5 Å². The monoisotopic (exact) mass is 665 g/mol. The van der Waals surface area contributed by atoms with Crippen molar-refractivity contribution in [2.75, 3.05) is 0 Å². The van der Waals surface area contributed by atoms with Gasteiger partial charge in [-0.3, -0.25) is 0 Å². The molecule has 8 heteroatoms. The van der Waals surface area contributed by atoms with Crippen LogP contribution in [0.15, 0.2) is 90.6 Å². The molecule has 1 aromatic rings. The number of carbonyl (C=O) groups is 2. The van der Waals surface area contributed by atoms with Crippen LogP contribution >= 0.6 is 0 Å². The molecule has 1 amide bonds. The Hall–Kier alpha value is -3.46. The first-order valence-electron chi connectivity index (χ1n) is 17.2. The molecule has 0 bridgehead atoms. The van der Waals surface area contributed by atoms with Gasteiger partial charge in [0.1, 0.15) is 12.2 Å². The molecular weight excluding hydrogens is 606 g/mol. The highest BCUT2D eigenvalue weighted by Crippen LogP contribution is 2.29. The summed E-state index contributed by atoms with van der Waals surface area (Å²) in [7, 11) is 0. The number of esters is 1. The molecule has 0 saturated carbocycles. The Bertz CT molecular complexity index is 1290. The number of amides is 1. The summed E-state index contributed by atoms with van der Waals surface area (Å²) < 4.78 is 11.4. The van der Waals surface area contributed by atoms with Crippen molar-refractivity contribution in [2.45, 2.75) is 105 Å². The van der Waals surface area contributed by atoms with E-state index in [1.807, 2.05) is 103 Å². The number of ether oxygens (including phenoxy) is 2. The van der Waals surface area contributed by atoms with Gasteiger partial charge in [-0.1, -0.05) is 127 Å². The second kappa shape index (κ2) is 20.1. The lowest BCUT2D eigenvalue weighted by Gasteiger charge is -2.34. The van der Waals surface area contributed by atoms with Crippen LogP contribution in [0.2, 0.25) is 0 Å². The third kappa shape index (κ3) is 13.2. The largest absolute Gasteiger partial charge is 0.458 e. The van der Waals surface area contributed by atoms with Crippen molar-refractivity contribution in [3.05, 3.63) is 96.2 Å². The molecule has 1 heterocycles. The first-order valence-corrected chi connectivity index (χ1v) is 17.2. The summed E-state index contributed by atoms with van der Waals surface area (Å²) in [4.78, 5) is 24.7. The minimum atomic E-state index is -0.804. The van der Waals surface area contributed by atoms with Crippen LogP contribution in [0.3, 0.4) is 0 Å². The number of hydrogen-bond acceptors (Lipinski definition) is 7. The summed E-state index contributed by atoms with van der Waals surface area (Å²) in [6.45, 7) is 19.4. The number of allylic oxidation sites excluding steroid dienone is 3. The summed E-state index contributed by atoms with van der Waals surface area (Å²) in [5.41, 5.74) is 2.58. The first-order chi connectivity index (χ1) is 22.6. The molecule has 0 radical (unpaired) electrons. The van der Waals surface area contributed by atoms with Crippen LogP contribution in [0.25, 0.3) is 0 Å². The lowest BCUT2D eigenvalue weighted by Crippen LogP contribution is -2.42. The van der Waals surface area contributed by atoms with E-state index in [0.717, 1.165) is 11.1 Å². The van der Waals surface area contributed by atoms with E-state index in [-0.39, 0.29) is 47.9 Å². The highest BCUT2D eigenvalue weighted by atomic mass is 16.6. The molecule has 1 aliphatic rings. The topological polar surface area (TPSA) is 125 Å². The fraction of sp³-hybridized carbons (Fsp3) is 0.550. The van der Waals surface area contributed by atoms with Gasteiger partial charge in [0.2, 0.25) is 0 Å². The van der Waals surface area contributed by atoms with E-state index >= 15 is 0 Å². The number of nitrogens with one attached hydrogen (secondary N) is 1. The predicted molar refractivity (Wildman–Crippen MR) is 192 cm³/mol. The van der Waals surface area contributed by atoms with Crippen LogP contribution in [-0.2, 0) is 20.8 Å².